The van der Waals surface area contributed by atoms with Crippen molar-refractivity contribution in [3.8, 4) is 11.5 Å². The lowest BCUT2D eigenvalue weighted by Gasteiger charge is -2.29. The van der Waals surface area contributed by atoms with E-state index in [0.29, 0.717) is 17.2 Å². The molecule has 0 amide bonds. The summed E-state index contributed by atoms with van der Waals surface area (Å²) >= 11 is 0. The molecule has 3 rings (SSSR count). The number of carbonyl (C=O) groups excluding carboxylic acids is 1. The van der Waals surface area contributed by atoms with Crippen LogP contribution in [0, 0.1) is 5.92 Å². The van der Waals surface area contributed by atoms with Gasteiger partial charge in [-0.25, -0.2) is 4.79 Å². The van der Waals surface area contributed by atoms with Crippen molar-refractivity contribution in [2.75, 3.05) is 6.61 Å². The lowest BCUT2D eigenvalue weighted by molar-refractivity contribution is 0.0734. The van der Waals surface area contributed by atoms with Gasteiger partial charge in [-0.2, -0.15) is 0 Å². The molecule has 0 aliphatic heterocycles. The number of unbranched alkanes of at least 4 members (excludes halogenated alkanes) is 6. The highest BCUT2D eigenvalue weighted by atomic mass is 16.5. The van der Waals surface area contributed by atoms with Gasteiger partial charge in [-0.15, -0.1) is 0 Å². The second kappa shape index (κ2) is 14.9. The molecule has 1 aliphatic carbocycles. The van der Waals surface area contributed by atoms with Crippen molar-refractivity contribution in [2.45, 2.75) is 103 Å². The number of esters is 1. The lowest BCUT2D eigenvalue weighted by Crippen LogP contribution is -2.13. The van der Waals surface area contributed by atoms with Crippen molar-refractivity contribution in [3.05, 3.63) is 59.7 Å². The summed E-state index contributed by atoms with van der Waals surface area (Å²) in [6, 6.07) is 15.4. The van der Waals surface area contributed by atoms with E-state index in [-0.39, 0.29) is 5.97 Å². The van der Waals surface area contributed by atoms with Crippen LogP contribution in [-0.2, 0) is 0 Å². The van der Waals surface area contributed by atoms with Gasteiger partial charge in [-0.3, -0.25) is 0 Å². The van der Waals surface area contributed by atoms with Crippen LogP contribution in [0.4, 0.5) is 0 Å². The predicted octanol–water partition coefficient (Wildman–Crippen LogP) is 9.11. The van der Waals surface area contributed by atoms with E-state index in [4.69, 9.17) is 9.47 Å². The van der Waals surface area contributed by atoms with Gasteiger partial charge in [-0.05, 0) is 85.9 Å². The molecule has 0 saturated heterocycles. The maximum atomic E-state index is 12.6. The monoisotopic (exact) mass is 464 g/mol. The fraction of sp³-hybridized carbons (Fsp3) is 0.581. The molecule has 2 aromatic carbocycles. The number of hydrogen-bond donors (Lipinski definition) is 0. The maximum absolute atomic E-state index is 12.6. The zero-order chi connectivity index (χ0) is 24.0. The van der Waals surface area contributed by atoms with Crippen molar-refractivity contribution >= 4 is 5.97 Å². The fourth-order valence-corrected chi connectivity index (χ4v) is 5.02. The molecule has 0 bridgehead atoms. The third-order valence-corrected chi connectivity index (χ3v) is 7.23. The Balaban J connectivity index is 1.40. The summed E-state index contributed by atoms with van der Waals surface area (Å²) in [6.07, 6.45) is 16.8. The summed E-state index contributed by atoms with van der Waals surface area (Å²) in [5.41, 5.74) is 1.92. The number of ether oxygens (including phenoxy) is 2. The van der Waals surface area contributed by atoms with Crippen LogP contribution < -0.4 is 9.47 Å². The summed E-state index contributed by atoms with van der Waals surface area (Å²) in [6.45, 7) is 5.22. The molecule has 0 atom stereocenters. The zero-order valence-corrected chi connectivity index (χ0v) is 21.4. The van der Waals surface area contributed by atoms with Crippen molar-refractivity contribution < 1.29 is 14.3 Å². The third kappa shape index (κ3) is 8.81. The molecule has 3 heteroatoms. The third-order valence-electron chi connectivity index (χ3n) is 7.23. The molecule has 0 radical (unpaired) electrons. The number of benzene rings is 2. The molecule has 0 aromatic heterocycles. The molecule has 0 N–H and O–H groups in total. The first kappa shape index (κ1) is 26.3. The molecule has 186 valence electrons. The maximum Gasteiger partial charge on any atom is 0.343 e. The Kier molecular flexibility index (Phi) is 11.5. The molecule has 0 heterocycles. The van der Waals surface area contributed by atoms with Crippen LogP contribution in [0.3, 0.4) is 0 Å². The van der Waals surface area contributed by atoms with E-state index < -0.39 is 0 Å². The van der Waals surface area contributed by atoms with E-state index in [1.54, 1.807) is 12.1 Å². The van der Waals surface area contributed by atoms with E-state index in [1.807, 2.05) is 24.3 Å². The minimum absolute atomic E-state index is 0.327. The highest BCUT2D eigenvalue weighted by molar-refractivity contribution is 5.91. The minimum atomic E-state index is -0.327. The Morgan fingerprint density at radius 2 is 1.35 bits per heavy atom. The Labute approximate surface area is 207 Å². The predicted molar refractivity (Wildman–Crippen MR) is 141 cm³/mol. The first-order valence-corrected chi connectivity index (χ1v) is 13.7. The number of rotatable bonds is 14. The number of carbonyl (C=O) groups is 1. The van der Waals surface area contributed by atoms with E-state index in [1.165, 1.54) is 82.6 Å². The summed E-state index contributed by atoms with van der Waals surface area (Å²) in [5.74, 6) is 2.65. The molecule has 1 aliphatic rings. The zero-order valence-electron chi connectivity index (χ0n) is 21.4. The van der Waals surface area contributed by atoms with Crippen molar-refractivity contribution in [1.29, 1.82) is 0 Å². The molecule has 0 unspecified atom stereocenters. The summed E-state index contributed by atoms with van der Waals surface area (Å²) in [5, 5.41) is 0. The van der Waals surface area contributed by atoms with E-state index in [0.717, 1.165) is 24.7 Å². The molecular weight excluding hydrogens is 420 g/mol. The van der Waals surface area contributed by atoms with Gasteiger partial charge in [0.25, 0.3) is 0 Å². The fourth-order valence-electron chi connectivity index (χ4n) is 5.02. The normalized spacial score (nSPS) is 17.9. The first-order valence-electron chi connectivity index (χ1n) is 13.7. The molecule has 0 spiro atoms. The van der Waals surface area contributed by atoms with Gasteiger partial charge in [0.05, 0.1) is 12.2 Å². The average Bonchev–Trinajstić information content (AvgIpc) is 2.87. The highest BCUT2D eigenvalue weighted by Gasteiger charge is 2.22. The molecule has 2 aromatic rings. The molecule has 1 fully saturated rings. The smallest absolute Gasteiger partial charge is 0.343 e. The van der Waals surface area contributed by atoms with E-state index in [2.05, 4.69) is 26.0 Å². The highest BCUT2D eigenvalue weighted by Crippen LogP contribution is 2.38. The van der Waals surface area contributed by atoms with Crippen LogP contribution in [0.2, 0.25) is 0 Å². The summed E-state index contributed by atoms with van der Waals surface area (Å²) < 4.78 is 11.4. The van der Waals surface area contributed by atoms with Crippen LogP contribution in [0.25, 0.3) is 0 Å². The first-order chi connectivity index (χ1) is 16.7. The SMILES string of the molecule is CCCCCCCOc1ccc(C(=O)Oc2ccc(C3CCC(CCCCC)CC3)cc2)cc1. The quantitative estimate of drug-likeness (QED) is 0.159. The Morgan fingerprint density at radius 3 is 2.03 bits per heavy atom. The minimum Gasteiger partial charge on any atom is -0.494 e. The van der Waals surface area contributed by atoms with E-state index in [9.17, 15) is 4.79 Å². The molecular formula is C31H44O3. The molecule has 3 nitrogen and oxygen atoms in total. The second-order valence-corrected chi connectivity index (χ2v) is 9.96. The average molecular weight is 465 g/mol. The molecule has 1 saturated carbocycles. The van der Waals surface area contributed by atoms with Gasteiger partial charge >= 0.3 is 5.97 Å². The summed E-state index contributed by atoms with van der Waals surface area (Å²) in [4.78, 5) is 12.6. The van der Waals surface area contributed by atoms with Gasteiger partial charge in [0.15, 0.2) is 0 Å². The Hall–Kier alpha value is -2.29. The Morgan fingerprint density at radius 1 is 0.735 bits per heavy atom. The largest absolute Gasteiger partial charge is 0.494 e. The van der Waals surface area contributed by atoms with Crippen molar-refractivity contribution in [2.24, 2.45) is 5.92 Å². The van der Waals surface area contributed by atoms with Crippen LogP contribution >= 0.6 is 0 Å². The van der Waals surface area contributed by atoms with Gasteiger partial charge in [-0.1, -0.05) is 77.3 Å². The molecule has 34 heavy (non-hydrogen) atoms. The topological polar surface area (TPSA) is 35.5 Å². The van der Waals surface area contributed by atoms with Crippen molar-refractivity contribution in [1.82, 2.24) is 0 Å². The van der Waals surface area contributed by atoms with Crippen molar-refractivity contribution in [3.63, 3.8) is 0 Å². The van der Waals surface area contributed by atoms with Gasteiger partial charge in [0.1, 0.15) is 11.5 Å². The van der Waals surface area contributed by atoms with Crippen LogP contribution in [0.15, 0.2) is 48.5 Å². The van der Waals surface area contributed by atoms with Gasteiger partial charge in [0.2, 0.25) is 0 Å². The van der Waals surface area contributed by atoms with Gasteiger partial charge in [0, 0.05) is 0 Å². The van der Waals surface area contributed by atoms with Crippen LogP contribution in [0.1, 0.15) is 119 Å². The van der Waals surface area contributed by atoms with Crippen LogP contribution in [-0.4, -0.2) is 12.6 Å². The van der Waals surface area contributed by atoms with E-state index >= 15 is 0 Å². The summed E-state index contributed by atoms with van der Waals surface area (Å²) in [7, 11) is 0. The lowest BCUT2D eigenvalue weighted by atomic mass is 9.77. The standard InChI is InChI=1S/C31H44O3/c1-3-5-7-8-10-24-33-29-20-18-28(19-21-29)31(32)34-30-22-16-27(17-23-30)26-14-12-25(13-15-26)11-9-6-4-2/h16-23,25-26H,3-15,24H2,1-2H3. The number of hydrogen-bond acceptors (Lipinski definition) is 3. The van der Waals surface area contributed by atoms with Gasteiger partial charge < -0.3 is 9.47 Å². The van der Waals surface area contributed by atoms with Crippen LogP contribution in [0.5, 0.6) is 11.5 Å². The Bertz CT molecular complexity index is 817. The second-order valence-electron chi connectivity index (χ2n) is 9.96.